The standard InChI is InChI=1S/C26H26N6O2S/c1-5-24(33)29-18-7-6-8-21(14-18)35-25-23(34-4)15-27-26(31-25)30-19-11-12-22-17(13-19)9-10-20(28-22)16-32(2)3/h5-15H,1,16H2,2-4H3,(H,29,33)(H,27,30,31). The number of hydrogen-bond donors (Lipinski definition) is 2. The number of nitrogens with one attached hydrogen (secondary N) is 2. The molecule has 2 aromatic carbocycles. The Morgan fingerprint density at radius 3 is 2.74 bits per heavy atom. The second kappa shape index (κ2) is 11.0. The number of fused-ring (bicyclic) bond motifs is 1. The van der Waals surface area contributed by atoms with Gasteiger partial charge in [0.05, 0.1) is 24.5 Å². The number of ether oxygens (including phenoxy) is 1. The molecule has 0 fully saturated rings. The molecule has 4 aromatic rings. The molecule has 0 bridgehead atoms. The number of carbonyl (C=O) groups is 1. The van der Waals surface area contributed by atoms with Crippen molar-refractivity contribution in [3.8, 4) is 5.75 Å². The molecule has 0 aliphatic rings. The summed E-state index contributed by atoms with van der Waals surface area (Å²) >= 11 is 1.41. The van der Waals surface area contributed by atoms with E-state index in [4.69, 9.17) is 9.72 Å². The molecular formula is C26H26N6O2S. The molecule has 8 nitrogen and oxygen atoms in total. The highest BCUT2D eigenvalue weighted by Gasteiger charge is 2.11. The Kier molecular flexibility index (Phi) is 7.59. The lowest BCUT2D eigenvalue weighted by molar-refractivity contribution is -0.111. The molecule has 35 heavy (non-hydrogen) atoms. The second-order valence-corrected chi connectivity index (χ2v) is 9.03. The number of pyridine rings is 1. The van der Waals surface area contributed by atoms with Crippen LogP contribution in [0.5, 0.6) is 5.75 Å². The smallest absolute Gasteiger partial charge is 0.247 e. The van der Waals surface area contributed by atoms with Crippen molar-refractivity contribution in [2.24, 2.45) is 0 Å². The topological polar surface area (TPSA) is 92.3 Å². The summed E-state index contributed by atoms with van der Waals surface area (Å²) in [4.78, 5) is 28.4. The second-order valence-electron chi connectivity index (χ2n) is 7.96. The lowest BCUT2D eigenvalue weighted by atomic mass is 10.2. The number of nitrogens with zero attached hydrogens (tertiary/aromatic N) is 4. The first kappa shape index (κ1) is 24.2. The number of rotatable bonds is 9. The number of hydrogen-bond acceptors (Lipinski definition) is 8. The first-order valence-corrected chi connectivity index (χ1v) is 11.7. The predicted molar refractivity (Wildman–Crippen MR) is 140 cm³/mol. The third-order valence-electron chi connectivity index (χ3n) is 4.92. The van der Waals surface area contributed by atoms with Crippen molar-refractivity contribution in [3.63, 3.8) is 0 Å². The summed E-state index contributed by atoms with van der Waals surface area (Å²) in [6, 6.07) is 17.5. The van der Waals surface area contributed by atoms with Gasteiger partial charge in [-0.15, -0.1) is 0 Å². The molecule has 2 aromatic heterocycles. The molecule has 0 aliphatic carbocycles. The van der Waals surface area contributed by atoms with Gasteiger partial charge < -0.3 is 20.3 Å². The van der Waals surface area contributed by atoms with Gasteiger partial charge >= 0.3 is 0 Å². The molecule has 2 heterocycles. The fourth-order valence-corrected chi connectivity index (χ4v) is 4.28. The quantitative estimate of drug-likeness (QED) is 0.249. The number of carbonyl (C=O) groups excluding carboxylic acids is 1. The van der Waals surface area contributed by atoms with Crippen molar-refractivity contribution < 1.29 is 9.53 Å². The highest BCUT2D eigenvalue weighted by atomic mass is 32.2. The van der Waals surface area contributed by atoms with E-state index < -0.39 is 0 Å². The lowest BCUT2D eigenvalue weighted by Gasteiger charge is -2.12. The van der Waals surface area contributed by atoms with Gasteiger partial charge in [-0.3, -0.25) is 9.78 Å². The van der Waals surface area contributed by atoms with Gasteiger partial charge in [-0.2, -0.15) is 0 Å². The van der Waals surface area contributed by atoms with Crippen LogP contribution in [0.15, 0.2) is 83.4 Å². The Bertz CT molecular complexity index is 1380. The molecule has 0 unspecified atom stereocenters. The van der Waals surface area contributed by atoms with Crippen molar-refractivity contribution in [2.45, 2.75) is 16.5 Å². The van der Waals surface area contributed by atoms with Crippen LogP contribution in [-0.4, -0.2) is 47.0 Å². The van der Waals surface area contributed by atoms with Crippen molar-refractivity contribution in [3.05, 3.63) is 79.1 Å². The Morgan fingerprint density at radius 1 is 1.11 bits per heavy atom. The first-order valence-electron chi connectivity index (χ1n) is 10.9. The first-order chi connectivity index (χ1) is 16.9. The van der Waals surface area contributed by atoms with E-state index in [2.05, 4.69) is 38.1 Å². The Morgan fingerprint density at radius 2 is 1.97 bits per heavy atom. The summed E-state index contributed by atoms with van der Waals surface area (Å²) in [7, 11) is 5.63. The largest absolute Gasteiger partial charge is 0.492 e. The third-order valence-corrected chi connectivity index (χ3v) is 5.90. The van der Waals surface area contributed by atoms with E-state index in [0.29, 0.717) is 22.4 Å². The molecule has 9 heteroatoms. The van der Waals surface area contributed by atoms with Crippen molar-refractivity contribution in [1.29, 1.82) is 0 Å². The van der Waals surface area contributed by atoms with Crippen molar-refractivity contribution in [1.82, 2.24) is 19.9 Å². The van der Waals surface area contributed by atoms with Crippen LogP contribution in [0.2, 0.25) is 0 Å². The zero-order valence-corrected chi connectivity index (χ0v) is 20.6. The van der Waals surface area contributed by atoms with Crippen LogP contribution >= 0.6 is 11.8 Å². The van der Waals surface area contributed by atoms with Gasteiger partial charge in [-0.05, 0) is 62.6 Å². The maximum Gasteiger partial charge on any atom is 0.247 e. The number of anilines is 3. The molecule has 0 aliphatic heterocycles. The average Bonchev–Trinajstić information content (AvgIpc) is 2.84. The lowest BCUT2D eigenvalue weighted by Crippen LogP contribution is -2.11. The Labute approximate surface area is 208 Å². The van der Waals surface area contributed by atoms with Gasteiger partial charge in [0.25, 0.3) is 0 Å². The zero-order chi connectivity index (χ0) is 24.8. The minimum absolute atomic E-state index is 0.266. The van der Waals surface area contributed by atoms with Gasteiger partial charge in [0, 0.05) is 28.2 Å². The summed E-state index contributed by atoms with van der Waals surface area (Å²) in [5, 5.41) is 7.71. The molecule has 0 radical (unpaired) electrons. The number of aromatic nitrogens is 3. The van der Waals surface area contributed by atoms with E-state index in [1.807, 2.05) is 62.6 Å². The number of methoxy groups -OCH3 is 1. The summed E-state index contributed by atoms with van der Waals surface area (Å²) < 4.78 is 5.46. The van der Waals surface area contributed by atoms with Crippen LogP contribution in [0.25, 0.3) is 10.9 Å². The molecule has 2 N–H and O–H groups in total. The molecule has 4 rings (SSSR count). The highest BCUT2D eigenvalue weighted by Crippen LogP contribution is 2.35. The monoisotopic (exact) mass is 486 g/mol. The van der Waals surface area contributed by atoms with Crippen LogP contribution < -0.4 is 15.4 Å². The van der Waals surface area contributed by atoms with Crippen LogP contribution in [0.4, 0.5) is 17.3 Å². The van der Waals surface area contributed by atoms with Crippen LogP contribution in [0, 0.1) is 0 Å². The summed E-state index contributed by atoms with van der Waals surface area (Å²) in [6.07, 6.45) is 2.87. The fraction of sp³-hybridized carbons (Fsp3) is 0.154. The van der Waals surface area contributed by atoms with E-state index in [-0.39, 0.29) is 5.91 Å². The van der Waals surface area contributed by atoms with Crippen molar-refractivity contribution in [2.75, 3.05) is 31.8 Å². The van der Waals surface area contributed by atoms with Gasteiger partial charge in [0.1, 0.15) is 5.03 Å². The van der Waals surface area contributed by atoms with Crippen LogP contribution in [0.3, 0.4) is 0 Å². The third kappa shape index (κ3) is 6.34. The van der Waals surface area contributed by atoms with E-state index in [0.717, 1.165) is 33.7 Å². The summed E-state index contributed by atoms with van der Waals surface area (Å²) in [5.74, 6) is 0.732. The molecule has 0 saturated heterocycles. The zero-order valence-electron chi connectivity index (χ0n) is 19.8. The molecule has 0 atom stereocenters. The molecule has 0 spiro atoms. The highest BCUT2D eigenvalue weighted by molar-refractivity contribution is 7.99. The SMILES string of the molecule is C=CC(=O)Nc1cccc(Sc2nc(Nc3ccc4nc(CN(C)C)ccc4c3)ncc2OC)c1. The molecule has 1 amide bonds. The number of amides is 1. The summed E-state index contributed by atoms with van der Waals surface area (Å²) in [5.41, 5.74) is 3.49. The average molecular weight is 487 g/mol. The predicted octanol–water partition coefficient (Wildman–Crippen LogP) is 5.11. The maximum atomic E-state index is 11.6. The minimum atomic E-state index is -0.266. The maximum absolute atomic E-state index is 11.6. The van der Waals surface area contributed by atoms with E-state index in [1.54, 1.807) is 13.3 Å². The Hall–Kier alpha value is -3.95. The molecule has 0 saturated carbocycles. The van der Waals surface area contributed by atoms with Crippen molar-refractivity contribution >= 4 is 45.9 Å². The minimum Gasteiger partial charge on any atom is -0.492 e. The van der Waals surface area contributed by atoms with Gasteiger partial charge in [-0.1, -0.05) is 30.5 Å². The summed E-state index contributed by atoms with van der Waals surface area (Å²) in [6.45, 7) is 4.27. The molecular weight excluding hydrogens is 460 g/mol. The van der Waals surface area contributed by atoms with Gasteiger partial charge in [0.15, 0.2) is 5.75 Å². The van der Waals surface area contributed by atoms with E-state index in [9.17, 15) is 4.79 Å². The fourth-order valence-electron chi connectivity index (χ4n) is 3.36. The van der Waals surface area contributed by atoms with E-state index >= 15 is 0 Å². The van der Waals surface area contributed by atoms with Crippen LogP contribution in [0.1, 0.15) is 5.69 Å². The van der Waals surface area contributed by atoms with Gasteiger partial charge in [-0.25, -0.2) is 9.97 Å². The molecule has 178 valence electrons. The van der Waals surface area contributed by atoms with Crippen LogP contribution in [-0.2, 0) is 11.3 Å². The Balaban J connectivity index is 1.55. The normalized spacial score (nSPS) is 10.9. The van der Waals surface area contributed by atoms with E-state index in [1.165, 1.54) is 17.8 Å². The van der Waals surface area contributed by atoms with Gasteiger partial charge in [0.2, 0.25) is 11.9 Å². The number of benzene rings is 2.